The van der Waals surface area contributed by atoms with Gasteiger partial charge in [0.05, 0.1) is 11.8 Å². The van der Waals surface area contributed by atoms with E-state index in [1.54, 1.807) is 0 Å². The van der Waals surface area contributed by atoms with Gasteiger partial charge in [-0.1, -0.05) is 21.6 Å². The lowest BCUT2D eigenvalue weighted by Crippen LogP contribution is -2.11. The third kappa shape index (κ3) is 8.62. The molecule has 0 aromatic carbocycles. The molecule has 0 fully saturated rings. The van der Waals surface area contributed by atoms with Crippen LogP contribution in [0.15, 0.2) is 0 Å². The zero-order valence-corrected chi connectivity index (χ0v) is 8.76. The monoisotopic (exact) mass is 180 g/mol. The van der Waals surface area contributed by atoms with Gasteiger partial charge in [-0.15, -0.1) is 0 Å². The van der Waals surface area contributed by atoms with E-state index in [9.17, 15) is 0 Å². The Morgan fingerprint density at radius 2 is 1.10 bits per heavy atom. The molecule has 0 radical (unpaired) electrons. The van der Waals surface area contributed by atoms with Crippen molar-refractivity contribution in [1.29, 1.82) is 0 Å². The average Bonchev–Trinajstić information content (AvgIpc) is 1.79. The van der Waals surface area contributed by atoms with Crippen molar-refractivity contribution in [1.82, 2.24) is 9.80 Å². The van der Waals surface area contributed by atoms with E-state index in [4.69, 9.17) is 0 Å². The molecule has 0 rings (SSSR count). The molecule has 2 nitrogen and oxygen atoms in total. The largest absolute Gasteiger partial charge is 0.299 e. The second-order valence-corrected chi connectivity index (χ2v) is 5.06. The second-order valence-electron chi connectivity index (χ2n) is 2.65. The highest BCUT2D eigenvalue weighted by Crippen LogP contribution is 2.20. The Balaban J connectivity index is 2.91. The molecule has 0 bridgehead atoms. The van der Waals surface area contributed by atoms with Gasteiger partial charge in [0.2, 0.25) is 0 Å². The van der Waals surface area contributed by atoms with E-state index < -0.39 is 0 Å². The molecule has 0 saturated heterocycles. The van der Waals surface area contributed by atoms with Gasteiger partial charge in [-0.05, 0) is 28.2 Å². The van der Waals surface area contributed by atoms with Gasteiger partial charge in [0, 0.05) is 0 Å². The number of hydrogen-bond acceptors (Lipinski definition) is 4. The number of rotatable bonds is 5. The van der Waals surface area contributed by atoms with Crippen LogP contribution in [0, 0.1) is 0 Å². The van der Waals surface area contributed by atoms with Crippen molar-refractivity contribution < 1.29 is 0 Å². The van der Waals surface area contributed by atoms with Crippen LogP contribution >= 0.6 is 21.6 Å². The first-order valence-electron chi connectivity index (χ1n) is 3.17. The highest BCUT2D eigenvalue weighted by Gasteiger charge is 1.92. The first-order valence-corrected chi connectivity index (χ1v) is 5.65. The molecule has 0 spiro atoms. The van der Waals surface area contributed by atoms with E-state index in [1.165, 1.54) is 0 Å². The van der Waals surface area contributed by atoms with Gasteiger partial charge in [-0.25, -0.2) is 0 Å². The van der Waals surface area contributed by atoms with Crippen molar-refractivity contribution in [3.63, 3.8) is 0 Å². The fraction of sp³-hybridized carbons (Fsp3) is 1.00. The van der Waals surface area contributed by atoms with Crippen LogP contribution in [0.5, 0.6) is 0 Å². The molecule has 0 heterocycles. The Hall–Kier alpha value is 0.620. The highest BCUT2D eigenvalue weighted by molar-refractivity contribution is 8.76. The second kappa shape index (κ2) is 6.34. The zero-order chi connectivity index (χ0) is 7.98. The van der Waals surface area contributed by atoms with Crippen molar-refractivity contribution in [3.8, 4) is 0 Å². The van der Waals surface area contributed by atoms with Gasteiger partial charge < -0.3 is 0 Å². The maximum atomic E-state index is 2.17. The third-order valence-electron chi connectivity index (χ3n) is 0.705. The molecule has 0 aromatic heterocycles. The molecule has 0 aliphatic rings. The smallest absolute Gasteiger partial charge is 0.0544 e. The van der Waals surface area contributed by atoms with E-state index in [-0.39, 0.29) is 0 Å². The molecule has 0 unspecified atom stereocenters. The summed E-state index contributed by atoms with van der Waals surface area (Å²) in [5, 5.41) is 0. The molecular weight excluding hydrogens is 164 g/mol. The van der Waals surface area contributed by atoms with Crippen LogP contribution in [-0.2, 0) is 0 Å². The molecular formula is C6H16N2S2. The number of hydrogen-bond donors (Lipinski definition) is 0. The lowest BCUT2D eigenvalue weighted by Gasteiger charge is -2.10. The van der Waals surface area contributed by atoms with Gasteiger partial charge in [-0.2, -0.15) is 0 Å². The predicted octanol–water partition coefficient (Wildman–Crippen LogP) is 1.41. The summed E-state index contributed by atoms with van der Waals surface area (Å²) in [5.41, 5.74) is 0. The summed E-state index contributed by atoms with van der Waals surface area (Å²) < 4.78 is 0. The summed E-state index contributed by atoms with van der Waals surface area (Å²) in [7, 11) is 12.1. The quantitative estimate of drug-likeness (QED) is 0.358. The van der Waals surface area contributed by atoms with Crippen LogP contribution in [0.4, 0.5) is 0 Å². The Morgan fingerprint density at radius 3 is 1.30 bits per heavy atom. The predicted molar refractivity (Wildman–Crippen MR) is 52.3 cm³/mol. The molecule has 0 aliphatic heterocycles. The molecule has 0 atom stereocenters. The van der Waals surface area contributed by atoms with Crippen LogP contribution < -0.4 is 0 Å². The first-order chi connectivity index (χ1) is 4.63. The average molecular weight is 180 g/mol. The lowest BCUT2D eigenvalue weighted by atomic mass is 11.0. The molecule has 0 saturated carbocycles. The maximum Gasteiger partial charge on any atom is 0.0544 e. The zero-order valence-electron chi connectivity index (χ0n) is 7.13. The molecule has 0 amide bonds. The van der Waals surface area contributed by atoms with Gasteiger partial charge in [0.25, 0.3) is 0 Å². The molecule has 10 heavy (non-hydrogen) atoms. The van der Waals surface area contributed by atoms with Crippen molar-refractivity contribution >= 4 is 21.6 Å². The highest BCUT2D eigenvalue weighted by atomic mass is 33.1. The Kier molecular flexibility index (Phi) is 6.73. The molecule has 62 valence electrons. The molecule has 0 N–H and O–H groups in total. The van der Waals surface area contributed by atoms with Crippen LogP contribution in [0.2, 0.25) is 0 Å². The fourth-order valence-electron chi connectivity index (χ4n) is 0.285. The Bertz CT molecular complexity index is 66.1. The summed E-state index contributed by atoms with van der Waals surface area (Å²) in [6.45, 7) is 0. The Morgan fingerprint density at radius 1 is 0.800 bits per heavy atom. The van der Waals surface area contributed by atoms with Crippen LogP contribution in [-0.4, -0.2) is 49.7 Å². The van der Waals surface area contributed by atoms with Gasteiger partial charge in [0.15, 0.2) is 0 Å². The van der Waals surface area contributed by atoms with Gasteiger partial charge in [0.1, 0.15) is 0 Å². The van der Waals surface area contributed by atoms with E-state index in [0.717, 1.165) is 11.8 Å². The van der Waals surface area contributed by atoms with Crippen molar-refractivity contribution in [3.05, 3.63) is 0 Å². The van der Waals surface area contributed by atoms with Crippen LogP contribution in [0.25, 0.3) is 0 Å². The minimum Gasteiger partial charge on any atom is -0.299 e. The lowest BCUT2D eigenvalue weighted by molar-refractivity contribution is 0.484. The molecule has 4 heteroatoms. The van der Waals surface area contributed by atoms with E-state index in [1.807, 2.05) is 21.6 Å². The summed E-state index contributed by atoms with van der Waals surface area (Å²) in [5.74, 6) is 2.19. The van der Waals surface area contributed by atoms with E-state index in [2.05, 4.69) is 38.0 Å². The molecule has 0 aromatic rings. The normalized spacial score (nSPS) is 11.4. The topological polar surface area (TPSA) is 6.48 Å². The standard InChI is InChI=1S/C6H16N2S2/c1-7(2)5-9-10-6-8(3)4/h5-6H2,1-4H3. The number of nitrogens with zero attached hydrogens (tertiary/aromatic N) is 2. The van der Waals surface area contributed by atoms with Gasteiger partial charge >= 0.3 is 0 Å². The first kappa shape index (κ1) is 10.6. The van der Waals surface area contributed by atoms with E-state index >= 15 is 0 Å². The molecule has 0 aliphatic carbocycles. The summed E-state index contributed by atoms with van der Waals surface area (Å²) >= 11 is 0. The van der Waals surface area contributed by atoms with E-state index in [0.29, 0.717) is 0 Å². The van der Waals surface area contributed by atoms with Gasteiger partial charge in [-0.3, -0.25) is 9.80 Å². The summed E-state index contributed by atoms with van der Waals surface area (Å²) in [4.78, 5) is 4.35. The summed E-state index contributed by atoms with van der Waals surface area (Å²) in [6.07, 6.45) is 0. The fourth-order valence-corrected chi connectivity index (χ4v) is 2.57. The SMILES string of the molecule is CN(C)CSSCN(C)C. The van der Waals surface area contributed by atoms with Crippen LogP contribution in [0.3, 0.4) is 0 Å². The van der Waals surface area contributed by atoms with Crippen molar-refractivity contribution in [2.75, 3.05) is 39.9 Å². The maximum absolute atomic E-state index is 2.17. The minimum atomic E-state index is 1.10. The third-order valence-corrected chi connectivity index (χ3v) is 3.25. The summed E-state index contributed by atoms with van der Waals surface area (Å²) in [6, 6.07) is 0. The van der Waals surface area contributed by atoms with Crippen molar-refractivity contribution in [2.24, 2.45) is 0 Å². The van der Waals surface area contributed by atoms with Crippen molar-refractivity contribution in [2.45, 2.75) is 0 Å². The van der Waals surface area contributed by atoms with Crippen LogP contribution in [0.1, 0.15) is 0 Å². The Labute approximate surface area is 71.7 Å². The minimum absolute atomic E-state index is 1.10.